The number of aromatic nitrogens is 1. The van der Waals surface area contributed by atoms with E-state index in [-0.39, 0.29) is 5.91 Å². The number of thiophene rings is 1. The van der Waals surface area contributed by atoms with Crippen LogP contribution < -0.4 is 0 Å². The molecule has 3 aromatic rings. The van der Waals surface area contributed by atoms with Crippen molar-refractivity contribution in [3.63, 3.8) is 0 Å². The molecule has 8 heteroatoms. The Morgan fingerprint density at radius 3 is 2.67 bits per heavy atom. The molecule has 1 saturated heterocycles. The third kappa shape index (κ3) is 4.36. The van der Waals surface area contributed by atoms with Crippen molar-refractivity contribution in [1.29, 1.82) is 0 Å². The van der Waals surface area contributed by atoms with Crippen molar-refractivity contribution in [2.45, 2.75) is 6.54 Å². The fourth-order valence-electron chi connectivity index (χ4n) is 3.05. The van der Waals surface area contributed by atoms with Crippen LogP contribution in [0.3, 0.4) is 0 Å². The molecular weight excluding hydrogens is 421 g/mol. The molecule has 2 aromatic heterocycles. The molecule has 4 nitrogen and oxygen atoms in total. The number of nitrogens with zero attached hydrogens (tertiary/aromatic N) is 3. The minimum atomic E-state index is -0.0589. The summed E-state index contributed by atoms with van der Waals surface area (Å²) in [6.07, 6.45) is 0. The summed E-state index contributed by atoms with van der Waals surface area (Å²) in [5.41, 5.74) is 1.52. The molecule has 1 aliphatic heterocycles. The number of halogens is 2. The van der Waals surface area contributed by atoms with Gasteiger partial charge in [0.15, 0.2) is 0 Å². The van der Waals surface area contributed by atoms with Crippen molar-refractivity contribution in [2.24, 2.45) is 0 Å². The van der Waals surface area contributed by atoms with Crippen molar-refractivity contribution in [3.8, 4) is 10.6 Å². The van der Waals surface area contributed by atoms with Crippen molar-refractivity contribution in [3.05, 3.63) is 61.7 Å². The molecule has 0 aliphatic carbocycles. The molecule has 0 radical (unpaired) electrons. The fraction of sp³-hybridized carbons (Fsp3) is 0.263. The predicted molar refractivity (Wildman–Crippen MR) is 113 cm³/mol. The van der Waals surface area contributed by atoms with E-state index in [0.29, 0.717) is 28.7 Å². The summed E-state index contributed by atoms with van der Waals surface area (Å²) in [5.74, 6) is -0.0589. The smallest absolute Gasteiger partial charge is 0.255 e. The number of thiazole rings is 1. The number of hydrogen-bond donors (Lipinski definition) is 0. The lowest BCUT2D eigenvalue weighted by Crippen LogP contribution is -2.48. The first kappa shape index (κ1) is 18.9. The second kappa shape index (κ2) is 8.29. The van der Waals surface area contributed by atoms with E-state index in [2.05, 4.69) is 21.7 Å². The molecule has 0 unspecified atom stereocenters. The normalized spacial score (nSPS) is 15.3. The van der Waals surface area contributed by atoms with Gasteiger partial charge in [-0.1, -0.05) is 29.3 Å². The molecular formula is C19H17Cl2N3OS2. The lowest BCUT2D eigenvalue weighted by Gasteiger charge is -2.34. The molecule has 1 amide bonds. The molecule has 0 bridgehead atoms. The Morgan fingerprint density at radius 1 is 1.11 bits per heavy atom. The zero-order valence-corrected chi connectivity index (χ0v) is 17.5. The lowest BCUT2D eigenvalue weighted by atomic mass is 10.2. The summed E-state index contributed by atoms with van der Waals surface area (Å²) in [7, 11) is 0. The minimum Gasteiger partial charge on any atom is -0.336 e. The van der Waals surface area contributed by atoms with Gasteiger partial charge in [0.25, 0.3) is 5.91 Å². The molecule has 1 fully saturated rings. The van der Waals surface area contributed by atoms with E-state index in [4.69, 9.17) is 28.2 Å². The molecule has 0 spiro atoms. The maximum atomic E-state index is 12.7. The van der Waals surface area contributed by atoms with Gasteiger partial charge in [-0.15, -0.1) is 22.7 Å². The van der Waals surface area contributed by atoms with Crippen molar-refractivity contribution in [2.75, 3.05) is 26.2 Å². The third-order valence-corrected chi connectivity index (χ3v) is 6.79. The van der Waals surface area contributed by atoms with Crippen LogP contribution in [-0.2, 0) is 6.54 Å². The summed E-state index contributed by atoms with van der Waals surface area (Å²) < 4.78 is 0. The highest BCUT2D eigenvalue weighted by molar-refractivity contribution is 7.14. The van der Waals surface area contributed by atoms with Crippen molar-refractivity contribution >= 4 is 51.8 Å². The zero-order chi connectivity index (χ0) is 18.8. The van der Waals surface area contributed by atoms with Gasteiger partial charge in [-0.3, -0.25) is 9.69 Å². The highest BCUT2D eigenvalue weighted by Gasteiger charge is 2.24. The van der Waals surface area contributed by atoms with E-state index in [0.717, 1.165) is 30.3 Å². The number of benzene rings is 1. The highest BCUT2D eigenvalue weighted by atomic mass is 35.5. The van der Waals surface area contributed by atoms with E-state index in [9.17, 15) is 4.79 Å². The van der Waals surface area contributed by atoms with Crippen LogP contribution in [-0.4, -0.2) is 46.9 Å². The topological polar surface area (TPSA) is 36.4 Å². The average Bonchev–Trinajstić information content (AvgIpc) is 3.35. The Balaban J connectivity index is 1.35. The van der Waals surface area contributed by atoms with Crippen LogP contribution in [0, 0.1) is 0 Å². The Labute approximate surface area is 176 Å². The standard InChI is InChI=1S/C19H17Cl2N3OS2/c20-13-3-4-15(21)14(10-13)19(25)24-7-5-23(6-8-24)11-18-22-16(12-27-18)17-2-1-9-26-17/h1-4,9-10,12H,5-8,11H2. The van der Waals surface area contributed by atoms with E-state index < -0.39 is 0 Å². The Kier molecular flexibility index (Phi) is 5.80. The first-order chi connectivity index (χ1) is 13.1. The molecule has 4 rings (SSSR count). The van der Waals surface area contributed by atoms with Crippen LogP contribution >= 0.6 is 45.9 Å². The highest BCUT2D eigenvalue weighted by Crippen LogP contribution is 2.27. The fourth-order valence-corrected chi connectivity index (χ4v) is 5.02. The number of hydrogen-bond acceptors (Lipinski definition) is 5. The molecule has 0 N–H and O–H groups in total. The number of piperazine rings is 1. The van der Waals surface area contributed by atoms with Gasteiger partial charge >= 0.3 is 0 Å². The van der Waals surface area contributed by atoms with Crippen LogP contribution in [0.15, 0.2) is 41.1 Å². The van der Waals surface area contributed by atoms with Crippen LogP contribution in [0.5, 0.6) is 0 Å². The quantitative estimate of drug-likeness (QED) is 0.566. The van der Waals surface area contributed by atoms with Gasteiger partial charge in [0.2, 0.25) is 0 Å². The summed E-state index contributed by atoms with van der Waals surface area (Å²) in [5, 5.41) is 6.25. The van der Waals surface area contributed by atoms with Crippen molar-refractivity contribution < 1.29 is 4.79 Å². The van der Waals surface area contributed by atoms with E-state index in [1.807, 2.05) is 11.0 Å². The maximum absolute atomic E-state index is 12.7. The Hall–Kier alpha value is -1.44. The average molecular weight is 438 g/mol. The van der Waals surface area contributed by atoms with Crippen LogP contribution in [0.25, 0.3) is 10.6 Å². The van der Waals surface area contributed by atoms with Gasteiger partial charge in [0.1, 0.15) is 5.01 Å². The van der Waals surface area contributed by atoms with Gasteiger partial charge < -0.3 is 4.90 Å². The Bertz CT molecular complexity index is 934. The van der Waals surface area contributed by atoms with E-state index in [1.54, 1.807) is 40.9 Å². The molecule has 0 atom stereocenters. The SMILES string of the molecule is O=C(c1cc(Cl)ccc1Cl)N1CCN(Cc2nc(-c3cccs3)cs2)CC1. The first-order valence-electron chi connectivity index (χ1n) is 8.55. The first-order valence-corrected chi connectivity index (χ1v) is 11.1. The van der Waals surface area contributed by atoms with Gasteiger partial charge in [0, 0.05) is 36.6 Å². The summed E-state index contributed by atoms with van der Waals surface area (Å²) >= 11 is 15.6. The zero-order valence-electron chi connectivity index (χ0n) is 14.4. The lowest BCUT2D eigenvalue weighted by molar-refractivity contribution is 0.0628. The summed E-state index contributed by atoms with van der Waals surface area (Å²) in [6.45, 7) is 3.79. The number of carbonyl (C=O) groups is 1. The molecule has 3 heterocycles. The monoisotopic (exact) mass is 437 g/mol. The second-order valence-corrected chi connectivity index (χ2v) is 9.03. The van der Waals surface area contributed by atoms with E-state index in [1.165, 1.54) is 4.88 Å². The van der Waals surface area contributed by atoms with Gasteiger partial charge in [0.05, 0.1) is 27.7 Å². The Morgan fingerprint density at radius 2 is 1.93 bits per heavy atom. The maximum Gasteiger partial charge on any atom is 0.255 e. The van der Waals surface area contributed by atoms with Gasteiger partial charge in [-0.25, -0.2) is 4.98 Å². The number of amides is 1. The largest absolute Gasteiger partial charge is 0.336 e. The number of rotatable bonds is 4. The van der Waals surface area contributed by atoms with Crippen molar-refractivity contribution in [1.82, 2.24) is 14.8 Å². The molecule has 1 aliphatic rings. The van der Waals surface area contributed by atoms with Gasteiger partial charge in [-0.05, 0) is 29.6 Å². The number of carbonyl (C=O) groups excluding carboxylic acids is 1. The van der Waals surface area contributed by atoms with Gasteiger partial charge in [-0.2, -0.15) is 0 Å². The minimum absolute atomic E-state index is 0.0589. The molecule has 27 heavy (non-hydrogen) atoms. The second-order valence-electron chi connectivity index (χ2n) is 6.30. The summed E-state index contributed by atoms with van der Waals surface area (Å²) in [4.78, 5) is 22.8. The summed E-state index contributed by atoms with van der Waals surface area (Å²) in [6, 6.07) is 9.13. The molecule has 1 aromatic carbocycles. The van der Waals surface area contributed by atoms with Crippen LogP contribution in [0.2, 0.25) is 10.0 Å². The van der Waals surface area contributed by atoms with Crippen LogP contribution in [0.4, 0.5) is 0 Å². The van der Waals surface area contributed by atoms with E-state index >= 15 is 0 Å². The predicted octanol–water partition coefficient (Wildman–Crippen LogP) is 5.14. The van der Waals surface area contributed by atoms with Crippen LogP contribution in [0.1, 0.15) is 15.4 Å². The molecule has 0 saturated carbocycles. The third-order valence-electron chi connectivity index (χ3n) is 4.50. The molecule has 140 valence electrons.